The molecule has 0 aromatic heterocycles. The first kappa shape index (κ1) is 18.1. The molecule has 2 aromatic carbocycles. The van der Waals surface area contributed by atoms with Crippen molar-refractivity contribution in [2.45, 2.75) is 25.7 Å². The van der Waals surface area contributed by atoms with Crippen molar-refractivity contribution in [3.63, 3.8) is 0 Å². The molecule has 0 aliphatic heterocycles. The third-order valence-electron chi connectivity index (χ3n) is 2.71. The fraction of sp³-hybridized carbons (Fsp3) is 0.375. The van der Waals surface area contributed by atoms with Gasteiger partial charge in [0, 0.05) is 30.3 Å². The second kappa shape index (κ2) is 12.2. The summed E-state index contributed by atoms with van der Waals surface area (Å²) in [6.45, 7) is 0.594. The molecule has 0 amide bonds. The van der Waals surface area contributed by atoms with Crippen LogP contribution in [0, 0.1) is 0 Å². The second-order valence-electron chi connectivity index (χ2n) is 4.24. The van der Waals surface area contributed by atoms with Crippen LogP contribution in [0.25, 0.3) is 0 Å². The molecule has 2 aromatic rings. The number of hydrogen-bond acceptors (Lipinski definition) is 2. The zero-order valence-electron chi connectivity index (χ0n) is 11.1. The maximum Gasteiger partial charge on any atom is 0.0424 e. The molecular formula is C16H22FeO2-6. The molecule has 0 unspecified atom stereocenters. The molecule has 0 heterocycles. The van der Waals surface area contributed by atoms with Crippen LogP contribution in [-0.4, -0.2) is 23.4 Å². The van der Waals surface area contributed by atoms with E-state index in [1.54, 1.807) is 0 Å². The summed E-state index contributed by atoms with van der Waals surface area (Å²) in [6, 6.07) is 16.4. The first-order valence-electron chi connectivity index (χ1n) is 6.49. The Kier molecular flexibility index (Phi) is 11.6. The van der Waals surface area contributed by atoms with Crippen LogP contribution in [0.3, 0.4) is 0 Å². The molecule has 112 valence electrons. The molecule has 0 fully saturated rings. The van der Waals surface area contributed by atoms with Crippen LogP contribution in [0.4, 0.5) is 0 Å². The minimum atomic E-state index is 0. The van der Waals surface area contributed by atoms with Crippen molar-refractivity contribution in [3.05, 3.63) is 59.7 Å². The van der Waals surface area contributed by atoms with Gasteiger partial charge in [-0.3, -0.25) is 0 Å². The van der Waals surface area contributed by atoms with E-state index >= 15 is 0 Å². The van der Waals surface area contributed by atoms with Crippen LogP contribution in [-0.2, 0) is 29.9 Å². The van der Waals surface area contributed by atoms with E-state index in [1.807, 2.05) is 24.3 Å². The standard InChI is InChI=1S/2C8H11O.Fe/c2*9-7-3-6-8-4-1-2-5-8;/h2*1-2,4-5,9H,3,6-7H2;/q-5;-1;. The average Bonchev–Trinajstić information content (AvgIpc) is 3.07. The number of hydrogen-bond donors (Lipinski definition) is 2. The number of rotatable bonds is 6. The fourth-order valence-corrected chi connectivity index (χ4v) is 1.73. The summed E-state index contributed by atoms with van der Waals surface area (Å²) in [7, 11) is 0. The zero-order chi connectivity index (χ0) is 13.1. The van der Waals surface area contributed by atoms with E-state index in [2.05, 4.69) is 24.3 Å². The summed E-state index contributed by atoms with van der Waals surface area (Å²) in [6.07, 6.45) is 3.76. The van der Waals surface area contributed by atoms with Crippen LogP contribution < -0.4 is 0 Å². The Hall–Kier alpha value is -0.861. The van der Waals surface area contributed by atoms with Crippen molar-refractivity contribution < 1.29 is 27.3 Å². The summed E-state index contributed by atoms with van der Waals surface area (Å²) in [5, 5.41) is 16.9. The molecule has 3 heteroatoms. The maximum atomic E-state index is 8.47. The van der Waals surface area contributed by atoms with Crippen molar-refractivity contribution in [1.82, 2.24) is 0 Å². The van der Waals surface area contributed by atoms with Gasteiger partial charge in [-0.25, -0.2) is 18.6 Å². The van der Waals surface area contributed by atoms with Crippen molar-refractivity contribution in [2.24, 2.45) is 0 Å². The Balaban J connectivity index is 0.000000324. The Morgan fingerprint density at radius 2 is 1.37 bits per heavy atom. The Morgan fingerprint density at radius 1 is 0.842 bits per heavy atom. The third kappa shape index (κ3) is 8.79. The molecule has 0 atom stereocenters. The van der Waals surface area contributed by atoms with E-state index in [0.29, 0.717) is 13.2 Å². The van der Waals surface area contributed by atoms with E-state index in [4.69, 9.17) is 10.2 Å². The van der Waals surface area contributed by atoms with Gasteiger partial charge in [0.05, 0.1) is 0 Å². The van der Waals surface area contributed by atoms with E-state index in [-0.39, 0.29) is 17.1 Å². The molecule has 2 N–H and O–H groups in total. The largest absolute Gasteiger partial charge is 0.748 e. The second-order valence-corrected chi connectivity index (χ2v) is 4.24. The maximum absolute atomic E-state index is 8.47. The van der Waals surface area contributed by atoms with Gasteiger partial charge >= 0.3 is 0 Å². The van der Waals surface area contributed by atoms with Crippen LogP contribution in [0.15, 0.2) is 48.5 Å². The molecule has 2 nitrogen and oxygen atoms in total. The Bertz CT molecular complexity index is 327. The fourth-order valence-electron chi connectivity index (χ4n) is 1.73. The average molecular weight is 302 g/mol. The number of aliphatic hydroxyl groups excluding tert-OH is 2. The van der Waals surface area contributed by atoms with Crippen LogP contribution in [0.1, 0.15) is 24.0 Å². The summed E-state index contributed by atoms with van der Waals surface area (Å²) < 4.78 is 0. The topological polar surface area (TPSA) is 40.5 Å². The van der Waals surface area contributed by atoms with E-state index in [1.165, 1.54) is 11.1 Å². The van der Waals surface area contributed by atoms with E-state index < -0.39 is 0 Å². The number of aliphatic hydroxyl groups is 2. The van der Waals surface area contributed by atoms with Crippen LogP contribution >= 0.6 is 0 Å². The summed E-state index contributed by atoms with van der Waals surface area (Å²) in [5.74, 6) is 0. The van der Waals surface area contributed by atoms with Crippen LogP contribution in [0.5, 0.6) is 0 Å². The van der Waals surface area contributed by atoms with Gasteiger partial charge in [-0.05, 0) is 6.42 Å². The monoisotopic (exact) mass is 302 g/mol. The normalized spacial score (nSPS) is 9.37. The molecule has 2 rings (SSSR count). The minimum absolute atomic E-state index is 0. The zero-order valence-corrected chi connectivity index (χ0v) is 12.2. The predicted molar refractivity (Wildman–Crippen MR) is 74.9 cm³/mol. The van der Waals surface area contributed by atoms with E-state index in [9.17, 15) is 0 Å². The number of aryl methyl sites for hydroxylation is 2. The SMILES string of the molecule is OCCC[c-]1[cH-][cH-][cH-][cH-]1.OCCC[c-]1cccc1.[Fe]. The summed E-state index contributed by atoms with van der Waals surface area (Å²) >= 11 is 0. The molecule has 0 bridgehead atoms. The van der Waals surface area contributed by atoms with Crippen molar-refractivity contribution in [1.29, 1.82) is 0 Å². The van der Waals surface area contributed by atoms with Crippen molar-refractivity contribution in [2.75, 3.05) is 13.2 Å². The van der Waals surface area contributed by atoms with Gasteiger partial charge in [0.1, 0.15) is 0 Å². The Morgan fingerprint density at radius 3 is 1.89 bits per heavy atom. The van der Waals surface area contributed by atoms with Crippen LogP contribution in [0.2, 0.25) is 0 Å². The molecule has 0 aliphatic rings. The third-order valence-corrected chi connectivity index (χ3v) is 2.71. The molecule has 0 saturated heterocycles. The van der Waals surface area contributed by atoms with Gasteiger partial charge in [0.2, 0.25) is 0 Å². The molecular weight excluding hydrogens is 280 g/mol. The predicted octanol–water partition coefficient (Wildman–Crippen LogP) is 2.66. The van der Waals surface area contributed by atoms with E-state index in [0.717, 1.165) is 25.7 Å². The quantitative estimate of drug-likeness (QED) is 0.636. The molecule has 0 saturated carbocycles. The smallest absolute Gasteiger partial charge is 0.0424 e. The molecule has 0 aliphatic carbocycles. The first-order valence-corrected chi connectivity index (χ1v) is 6.49. The van der Waals surface area contributed by atoms with Crippen molar-refractivity contribution >= 4 is 0 Å². The summed E-state index contributed by atoms with van der Waals surface area (Å²) in [4.78, 5) is 0. The first-order chi connectivity index (χ1) is 8.86. The van der Waals surface area contributed by atoms with Gasteiger partial charge in [-0.15, -0.1) is 0 Å². The molecule has 0 radical (unpaired) electrons. The van der Waals surface area contributed by atoms with Gasteiger partial charge in [-0.2, -0.15) is 17.7 Å². The van der Waals surface area contributed by atoms with Gasteiger partial charge < -0.3 is 40.0 Å². The molecule has 19 heavy (non-hydrogen) atoms. The Labute approximate surface area is 126 Å². The van der Waals surface area contributed by atoms with Gasteiger partial charge in [-0.1, -0.05) is 12.8 Å². The van der Waals surface area contributed by atoms with Gasteiger partial charge in [0.15, 0.2) is 0 Å². The summed E-state index contributed by atoms with van der Waals surface area (Å²) in [5.41, 5.74) is 2.65. The molecule has 0 spiro atoms. The van der Waals surface area contributed by atoms with Gasteiger partial charge in [0.25, 0.3) is 0 Å². The minimum Gasteiger partial charge on any atom is -0.748 e. The van der Waals surface area contributed by atoms with Crippen molar-refractivity contribution in [3.8, 4) is 0 Å².